The zero-order chi connectivity index (χ0) is 16.7. The zero-order valence-corrected chi connectivity index (χ0v) is 13.0. The normalized spacial score (nSPS) is 15.0. The van der Waals surface area contributed by atoms with Gasteiger partial charge in [0, 0.05) is 24.0 Å². The number of anilines is 1. The zero-order valence-electron chi connectivity index (χ0n) is 13.0. The summed E-state index contributed by atoms with van der Waals surface area (Å²) in [4.78, 5) is 13.7. The molecule has 0 amide bonds. The number of rotatable bonds is 5. The average Bonchev–Trinajstić information content (AvgIpc) is 2.57. The summed E-state index contributed by atoms with van der Waals surface area (Å²) in [6.07, 6.45) is 9.00. The van der Waals surface area contributed by atoms with E-state index in [9.17, 15) is 4.79 Å². The van der Waals surface area contributed by atoms with Crippen LogP contribution in [0.4, 0.5) is 5.69 Å². The Balaban J connectivity index is 2.37. The number of fused-ring (bicyclic) bond motifs is 1. The number of carbonyl (C=O) groups is 1. The van der Waals surface area contributed by atoms with Crippen LogP contribution in [0.1, 0.15) is 12.5 Å². The number of allylic oxidation sites excluding steroid dienone is 4. The molecule has 1 aromatic carbocycles. The molecule has 0 bridgehead atoms. The second-order valence-electron chi connectivity index (χ2n) is 4.81. The lowest BCUT2D eigenvalue weighted by Gasteiger charge is -2.26. The van der Waals surface area contributed by atoms with Gasteiger partial charge in [-0.2, -0.15) is 5.26 Å². The van der Waals surface area contributed by atoms with Crippen molar-refractivity contribution in [2.45, 2.75) is 6.92 Å². The predicted molar refractivity (Wildman–Crippen MR) is 91.4 cm³/mol. The molecular formula is C19H18N2O2. The molecule has 0 saturated heterocycles. The SMILES string of the molecule is C=CCN1C=CC(=CC=C(C#N)C(=O)OCC)c2ccccc21. The molecule has 2 rings (SSSR count). The Morgan fingerprint density at radius 2 is 2.22 bits per heavy atom. The highest BCUT2D eigenvalue weighted by Gasteiger charge is 2.15. The van der Waals surface area contributed by atoms with Crippen molar-refractivity contribution < 1.29 is 9.53 Å². The summed E-state index contributed by atoms with van der Waals surface area (Å²) < 4.78 is 4.86. The first kappa shape index (κ1) is 16.3. The van der Waals surface area contributed by atoms with Crippen molar-refractivity contribution in [1.29, 1.82) is 5.26 Å². The van der Waals surface area contributed by atoms with Gasteiger partial charge in [-0.05, 0) is 30.7 Å². The van der Waals surface area contributed by atoms with Gasteiger partial charge in [-0.3, -0.25) is 0 Å². The Kier molecular flexibility index (Phi) is 5.54. The van der Waals surface area contributed by atoms with E-state index in [0.29, 0.717) is 6.54 Å². The van der Waals surface area contributed by atoms with E-state index in [0.717, 1.165) is 16.8 Å². The van der Waals surface area contributed by atoms with Crippen LogP contribution in [-0.2, 0) is 9.53 Å². The number of ether oxygens (including phenoxy) is 1. The molecule has 1 heterocycles. The van der Waals surface area contributed by atoms with Crippen LogP contribution in [0.5, 0.6) is 0 Å². The number of benzene rings is 1. The topological polar surface area (TPSA) is 53.3 Å². The molecule has 4 nitrogen and oxygen atoms in total. The van der Waals surface area contributed by atoms with Crippen molar-refractivity contribution in [3.63, 3.8) is 0 Å². The minimum absolute atomic E-state index is 0.0150. The maximum atomic E-state index is 11.7. The maximum Gasteiger partial charge on any atom is 0.348 e. The van der Waals surface area contributed by atoms with Gasteiger partial charge in [0.15, 0.2) is 0 Å². The van der Waals surface area contributed by atoms with Crippen molar-refractivity contribution in [3.05, 3.63) is 72.5 Å². The molecule has 0 spiro atoms. The van der Waals surface area contributed by atoms with Crippen molar-refractivity contribution >= 4 is 17.2 Å². The number of hydrogen-bond acceptors (Lipinski definition) is 4. The van der Waals surface area contributed by atoms with E-state index < -0.39 is 5.97 Å². The van der Waals surface area contributed by atoms with Crippen LogP contribution in [-0.4, -0.2) is 19.1 Å². The predicted octanol–water partition coefficient (Wildman–Crippen LogP) is 3.60. The van der Waals surface area contributed by atoms with Gasteiger partial charge >= 0.3 is 5.97 Å². The summed E-state index contributed by atoms with van der Waals surface area (Å²) in [6.45, 7) is 6.43. The van der Waals surface area contributed by atoms with Crippen LogP contribution in [0.25, 0.3) is 5.57 Å². The van der Waals surface area contributed by atoms with Gasteiger partial charge in [-0.15, -0.1) is 6.58 Å². The van der Waals surface area contributed by atoms with E-state index in [4.69, 9.17) is 10.00 Å². The lowest BCUT2D eigenvalue weighted by Crippen LogP contribution is -2.19. The summed E-state index contributed by atoms with van der Waals surface area (Å²) in [7, 11) is 0. The maximum absolute atomic E-state index is 11.7. The lowest BCUT2D eigenvalue weighted by atomic mass is 9.99. The lowest BCUT2D eigenvalue weighted by molar-refractivity contribution is -0.138. The van der Waals surface area contributed by atoms with Gasteiger partial charge in [0.05, 0.1) is 6.61 Å². The molecule has 0 aliphatic carbocycles. The summed E-state index contributed by atoms with van der Waals surface area (Å²) >= 11 is 0. The smallest absolute Gasteiger partial charge is 0.348 e. The number of esters is 1. The first-order chi connectivity index (χ1) is 11.2. The molecular weight excluding hydrogens is 288 g/mol. The summed E-state index contributed by atoms with van der Waals surface area (Å²) in [5.74, 6) is -0.604. The van der Waals surface area contributed by atoms with Crippen molar-refractivity contribution in [2.75, 3.05) is 18.1 Å². The number of nitriles is 1. The Morgan fingerprint density at radius 3 is 2.91 bits per heavy atom. The first-order valence-electron chi connectivity index (χ1n) is 7.35. The van der Waals surface area contributed by atoms with Crippen molar-refractivity contribution in [1.82, 2.24) is 0 Å². The third kappa shape index (κ3) is 3.78. The van der Waals surface area contributed by atoms with E-state index in [1.165, 1.54) is 6.08 Å². The second kappa shape index (κ2) is 7.81. The third-order valence-corrected chi connectivity index (χ3v) is 3.33. The Bertz CT molecular complexity index is 736. The van der Waals surface area contributed by atoms with E-state index in [2.05, 4.69) is 11.5 Å². The summed E-state index contributed by atoms with van der Waals surface area (Å²) in [5.41, 5.74) is 3.01. The molecule has 1 aliphatic rings. The van der Waals surface area contributed by atoms with Crippen molar-refractivity contribution in [2.24, 2.45) is 0 Å². The minimum Gasteiger partial charge on any atom is -0.462 e. The van der Waals surface area contributed by atoms with Gasteiger partial charge in [0.25, 0.3) is 0 Å². The van der Waals surface area contributed by atoms with Gasteiger partial charge < -0.3 is 9.64 Å². The minimum atomic E-state index is -0.604. The summed E-state index contributed by atoms with van der Waals surface area (Å²) in [5, 5.41) is 9.07. The highest BCUT2D eigenvalue weighted by atomic mass is 16.5. The molecule has 0 radical (unpaired) electrons. The number of nitrogens with zero attached hydrogens (tertiary/aromatic N) is 2. The number of para-hydroxylation sites is 1. The second-order valence-corrected chi connectivity index (χ2v) is 4.81. The molecule has 0 fully saturated rings. The monoisotopic (exact) mass is 306 g/mol. The Hall–Kier alpha value is -3.06. The standard InChI is InChI=1S/C19H18N2O2/c1-3-12-21-13-11-15(17-7-5-6-8-18(17)21)9-10-16(14-20)19(22)23-4-2/h3,5-11,13H,1,4,12H2,2H3. The average molecular weight is 306 g/mol. The quantitative estimate of drug-likeness (QED) is 0.361. The van der Waals surface area contributed by atoms with Crippen molar-refractivity contribution in [3.8, 4) is 6.07 Å². The molecule has 4 heteroatoms. The van der Waals surface area contributed by atoms with Gasteiger partial charge in [-0.25, -0.2) is 4.79 Å². The van der Waals surface area contributed by atoms with E-state index in [-0.39, 0.29) is 12.2 Å². The van der Waals surface area contributed by atoms with Gasteiger partial charge in [0.1, 0.15) is 11.6 Å². The number of hydrogen-bond donors (Lipinski definition) is 0. The van der Waals surface area contributed by atoms with Crippen LogP contribution in [0.15, 0.2) is 66.9 Å². The van der Waals surface area contributed by atoms with E-state index in [1.54, 1.807) is 13.0 Å². The summed E-state index contributed by atoms with van der Waals surface area (Å²) in [6, 6.07) is 9.83. The Labute approximate surface area is 136 Å². The first-order valence-corrected chi connectivity index (χ1v) is 7.35. The van der Waals surface area contributed by atoms with Crippen LogP contribution >= 0.6 is 0 Å². The third-order valence-electron chi connectivity index (χ3n) is 3.33. The molecule has 1 aromatic rings. The van der Waals surface area contributed by atoms with Gasteiger partial charge in [-0.1, -0.05) is 30.4 Å². The fraction of sp³-hybridized carbons (Fsp3) is 0.158. The number of carbonyl (C=O) groups excluding carboxylic acids is 1. The fourth-order valence-corrected chi connectivity index (χ4v) is 2.29. The molecule has 1 aliphatic heterocycles. The molecule has 23 heavy (non-hydrogen) atoms. The molecule has 0 N–H and O–H groups in total. The van der Waals surface area contributed by atoms with E-state index in [1.807, 2.05) is 48.7 Å². The highest BCUT2D eigenvalue weighted by Crippen LogP contribution is 2.32. The highest BCUT2D eigenvalue weighted by molar-refractivity contribution is 5.94. The van der Waals surface area contributed by atoms with E-state index >= 15 is 0 Å². The molecule has 0 aromatic heterocycles. The molecule has 0 unspecified atom stereocenters. The Morgan fingerprint density at radius 1 is 1.43 bits per heavy atom. The largest absolute Gasteiger partial charge is 0.462 e. The molecule has 0 atom stereocenters. The van der Waals surface area contributed by atoms with Crippen LogP contribution in [0.2, 0.25) is 0 Å². The van der Waals surface area contributed by atoms with Gasteiger partial charge in [0.2, 0.25) is 0 Å². The molecule has 0 saturated carbocycles. The molecule has 116 valence electrons. The fourth-order valence-electron chi connectivity index (χ4n) is 2.29. The van der Waals surface area contributed by atoms with Crippen LogP contribution in [0, 0.1) is 11.3 Å². The van der Waals surface area contributed by atoms with Crippen LogP contribution < -0.4 is 4.90 Å². The van der Waals surface area contributed by atoms with Crippen LogP contribution in [0.3, 0.4) is 0 Å².